The number of nitrogens with zero attached hydrogens (tertiary/aromatic N) is 2. The van der Waals surface area contributed by atoms with E-state index in [4.69, 9.17) is 9.57 Å². The van der Waals surface area contributed by atoms with Crippen LogP contribution < -0.4 is 4.74 Å². The number of ether oxygens (including phenoxy) is 1. The van der Waals surface area contributed by atoms with E-state index in [2.05, 4.69) is 21.1 Å². The van der Waals surface area contributed by atoms with Gasteiger partial charge in [-0.1, -0.05) is 33.2 Å². The first-order valence-corrected chi connectivity index (χ1v) is 7.22. The molecule has 0 saturated carbocycles. The van der Waals surface area contributed by atoms with Gasteiger partial charge >= 0.3 is 0 Å². The number of oxime groups is 1. The molecule has 2 rings (SSSR count). The second-order valence-corrected chi connectivity index (χ2v) is 5.14. The summed E-state index contributed by atoms with van der Waals surface area (Å²) in [4.78, 5) is 15.2. The Bertz CT molecular complexity index is 659. The highest BCUT2D eigenvalue weighted by Crippen LogP contribution is 2.16. The van der Waals surface area contributed by atoms with E-state index in [1.165, 1.54) is 18.3 Å². The fourth-order valence-electron chi connectivity index (χ4n) is 1.60. The molecule has 7 heteroatoms. The molecular weight excluding hydrogens is 352 g/mol. The average Bonchev–Trinajstić information content (AvgIpc) is 2.52. The molecule has 0 amide bonds. The first-order valence-electron chi connectivity index (χ1n) is 6.43. The number of hydrogen-bond donors (Lipinski definition) is 0. The Hall–Kier alpha value is -2.41. The minimum atomic E-state index is -0.454. The molecule has 22 heavy (non-hydrogen) atoms. The number of benzene rings is 2. The first kappa shape index (κ1) is 16.0. The summed E-state index contributed by atoms with van der Waals surface area (Å²) in [7, 11) is 0. The monoisotopic (exact) mass is 364 g/mol. The maximum absolute atomic E-state index is 10.6. The zero-order valence-electron chi connectivity index (χ0n) is 11.5. The van der Waals surface area contributed by atoms with Crippen molar-refractivity contribution in [1.29, 1.82) is 0 Å². The lowest BCUT2D eigenvalue weighted by atomic mass is 10.2. The van der Waals surface area contributed by atoms with Crippen molar-refractivity contribution in [3.8, 4) is 5.75 Å². The number of non-ortho nitro benzene ring substituents is 1. The van der Waals surface area contributed by atoms with E-state index in [0.717, 1.165) is 10.2 Å². The minimum absolute atomic E-state index is 0.0162. The zero-order chi connectivity index (χ0) is 15.8. The molecule has 0 aliphatic heterocycles. The summed E-state index contributed by atoms with van der Waals surface area (Å²) in [6, 6.07) is 13.6. The van der Waals surface area contributed by atoms with Crippen molar-refractivity contribution >= 4 is 27.8 Å². The lowest BCUT2D eigenvalue weighted by Crippen LogP contribution is -2.04. The Morgan fingerprint density at radius 1 is 1.18 bits per heavy atom. The van der Waals surface area contributed by atoms with Crippen molar-refractivity contribution in [1.82, 2.24) is 0 Å². The minimum Gasteiger partial charge on any atom is -0.490 e. The molecule has 0 spiro atoms. The van der Waals surface area contributed by atoms with E-state index in [1.54, 1.807) is 12.1 Å². The normalized spacial score (nSPS) is 10.6. The summed E-state index contributed by atoms with van der Waals surface area (Å²) in [5, 5.41) is 14.4. The van der Waals surface area contributed by atoms with Gasteiger partial charge in [0.2, 0.25) is 0 Å². The highest BCUT2D eigenvalue weighted by Gasteiger charge is 2.03. The molecule has 0 saturated heterocycles. The van der Waals surface area contributed by atoms with Gasteiger partial charge in [0, 0.05) is 22.2 Å². The fraction of sp³-hybridized carbons (Fsp3) is 0.133. The molecular formula is C15H13BrN2O4. The zero-order valence-corrected chi connectivity index (χ0v) is 13.1. The van der Waals surface area contributed by atoms with Crippen LogP contribution in [-0.2, 0) is 4.84 Å². The third-order valence-electron chi connectivity index (χ3n) is 2.61. The van der Waals surface area contributed by atoms with E-state index in [9.17, 15) is 10.1 Å². The lowest BCUT2D eigenvalue weighted by Gasteiger charge is -2.04. The van der Waals surface area contributed by atoms with Gasteiger partial charge in [0.25, 0.3) is 5.69 Å². The Balaban J connectivity index is 1.73. The standard InChI is InChI=1S/C15H13BrN2O4/c16-13-4-6-15(7-5-13)21-8-9-22-17-11-12-2-1-3-14(10-12)18(19)20/h1-7,10-11H,8-9H2/b17-11-. The van der Waals surface area contributed by atoms with Crippen LogP contribution in [0.4, 0.5) is 5.69 Å². The van der Waals surface area contributed by atoms with E-state index < -0.39 is 4.92 Å². The summed E-state index contributed by atoms with van der Waals surface area (Å²) >= 11 is 3.34. The van der Waals surface area contributed by atoms with Crippen molar-refractivity contribution < 1.29 is 14.5 Å². The van der Waals surface area contributed by atoms with Crippen molar-refractivity contribution in [2.45, 2.75) is 0 Å². The predicted octanol–water partition coefficient (Wildman–Crippen LogP) is 3.79. The molecule has 0 radical (unpaired) electrons. The molecule has 2 aromatic rings. The van der Waals surface area contributed by atoms with E-state index in [0.29, 0.717) is 12.2 Å². The number of nitro benzene ring substituents is 1. The van der Waals surface area contributed by atoms with Crippen molar-refractivity contribution in [2.24, 2.45) is 5.16 Å². The molecule has 0 bridgehead atoms. The van der Waals surface area contributed by atoms with Crippen molar-refractivity contribution in [3.05, 3.63) is 68.7 Å². The summed E-state index contributed by atoms with van der Waals surface area (Å²) in [6.07, 6.45) is 1.42. The molecule has 0 N–H and O–H groups in total. The Labute approximate surface area is 135 Å². The largest absolute Gasteiger partial charge is 0.490 e. The first-order chi connectivity index (χ1) is 10.6. The van der Waals surface area contributed by atoms with Gasteiger partial charge in [0.15, 0.2) is 6.61 Å². The van der Waals surface area contributed by atoms with Crippen LogP contribution in [-0.4, -0.2) is 24.4 Å². The van der Waals surface area contributed by atoms with Gasteiger partial charge in [-0.05, 0) is 24.3 Å². The average molecular weight is 365 g/mol. The van der Waals surface area contributed by atoms with Gasteiger partial charge < -0.3 is 9.57 Å². The van der Waals surface area contributed by atoms with E-state index >= 15 is 0 Å². The van der Waals surface area contributed by atoms with Crippen molar-refractivity contribution in [3.63, 3.8) is 0 Å². The SMILES string of the molecule is O=[N+]([O-])c1cccc(/C=N\OCCOc2ccc(Br)cc2)c1. The maximum atomic E-state index is 10.6. The molecule has 0 atom stereocenters. The van der Waals surface area contributed by atoms with Gasteiger partial charge in [-0.25, -0.2) is 0 Å². The Kier molecular flexibility index (Phi) is 5.91. The molecule has 0 aliphatic rings. The van der Waals surface area contributed by atoms with Gasteiger partial charge in [-0.15, -0.1) is 0 Å². The topological polar surface area (TPSA) is 74.0 Å². The Morgan fingerprint density at radius 2 is 1.95 bits per heavy atom. The molecule has 2 aromatic carbocycles. The highest BCUT2D eigenvalue weighted by molar-refractivity contribution is 9.10. The van der Waals surface area contributed by atoms with Crippen LogP contribution in [0.15, 0.2) is 58.2 Å². The smallest absolute Gasteiger partial charge is 0.270 e. The van der Waals surface area contributed by atoms with E-state index in [1.807, 2.05) is 24.3 Å². The van der Waals surface area contributed by atoms with Gasteiger partial charge in [-0.2, -0.15) is 0 Å². The van der Waals surface area contributed by atoms with Crippen LogP contribution in [0.1, 0.15) is 5.56 Å². The number of halogens is 1. The van der Waals surface area contributed by atoms with Crippen LogP contribution in [0.25, 0.3) is 0 Å². The summed E-state index contributed by atoms with van der Waals surface area (Å²) < 4.78 is 6.44. The molecule has 0 heterocycles. The molecule has 0 fully saturated rings. The summed E-state index contributed by atoms with van der Waals surface area (Å²) in [6.45, 7) is 0.634. The summed E-state index contributed by atoms with van der Waals surface area (Å²) in [5.41, 5.74) is 0.616. The quantitative estimate of drug-likeness (QED) is 0.324. The molecule has 0 unspecified atom stereocenters. The van der Waals surface area contributed by atoms with Gasteiger partial charge in [0.1, 0.15) is 12.4 Å². The molecule has 114 valence electrons. The van der Waals surface area contributed by atoms with Crippen LogP contribution in [0, 0.1) is 10.1 Å². The third kappa shape index (κ3) is 5.17. The van der Waals surface area contributed by atoms with Crippen LogP contribution >= 0.6 is 15.9 Å². The summed E-state index contributed by atoms with van der Waals surface area (Å²) in [5.74, 6) is 0.745. The third-order valence-corrected chi connectivity index (χ3v) is 3.14. The second kappa shape index (κ2) is 8.14. The van der Waals surface area contributed by atoms with Crippen LogP contribution in [0.5, 0.6) is 5.75 Å². The number of nitro groups is 1. The lowest BCUT2D eigenvalue weighted by molar-refractivity contribution is -0.384. The van der Waals surface area contributed by atoms with Crippen molar-refractivity contribution in [2.75, 3.05) is 13.2 Å². The van der Waals surface area contributed by atoms with E-state index in [-0.39, 0.29) is 12.3 Å². The molecule has 0 aromatic heterocycles. The highest BCUT2D eigenvalue weighted by atomic mass is 79.9. The molecule has 0 aliphatic carbocycles. The Morgan fingerprint density at radius 3 is 2.68 bits per heavy atom. The maximum Gasteiger partial charge on any atom is 0.270 e. The van der Waals surface area contributed by atoms with Gasteiger partial charge in [0.05, 0.1) is 11.1 Å². The van der Waals surface area contributed by atoms with Crippen LogP contribution in [0.3, 0.4) is 0 Å². The number of hydrogen-bond acceptors (Lipinski definition) is 5. The number of rotatable bonds is 7. The van der Waals surface area contributed by atoms with Crippen LogP contribution in [0.2, 0.25) is 0 Å². The van der Waals surface area contributed by atoms with Gasteiger partial charge in [-0.3, -0.25) is 10.1 Å². The fourth-order valence-corrected chi connectivity index (χ4v) is 1.86. The second-order valence-electron chi connectivity index (χ2n) is 4.22. The molecule has 6 nitrogen and oxygen atoms in total. The predicted molar refractivity (Wildman–Crippen MR) is 86.3 cm³/mol.